The van der Waals surface area contributed by atoms with Crippen LogP contribution in [-0.4, -0.2) is 25.6 Å². The smallest absolute Gasteiger partial charge is 0.308 e. The number of ether oxygens (including phenoxy) is 2. The molecule has 0 saturated carbocycles. The summed E-state index contributed by atoms with van der Waals surface area (Å²) < 4.78 is 16.1. The molecule has 6 nitrogen and oxygen atoms in total. The maximum Gasteiger partial charge on any atom is 0.308 e. The lowest BCUT2D eigenvalue weighted by atomic mass is 10.1. The summed E-state index contributed by atoms with van der Waals surface area (Å²) in [6.45, 7) is 3.07. The van der Waals surface area contributed by atoms with Crippen LogP contribution in [0.2, 0.25) is 0 Å². The molecule has 6 heteroatoms. The predicted molar refractivity (Wildman–Crippen MR) is 94.7 cm³/mol. The van der Waals surface area contributed by atoms with Crippen LogP contribution in [0.25, 0.3) is 21.9 Å². The Balaban J connectivity index is 1.86. The number of nitrogens with one attached hydrogen (secondary N) is 1. The highest BCUT2D eigenvalue weighted by Crippen LogP contribution is 2.36. The van der Waals surface area contributed by atoms with E-state index in [-0.39, 0.29) is 12.5 Å². The van der Waals surface area contributed by atoms with Crippen LogP contribution in [0.3, 0.4) is 0 Å². The molecule has 0 radical (unpaired) electrons. The molecule has 0 atom stereocenters. The molecule has 0 bridgehead atoms. The van der Waals surface area contributed by atoms with Crippen LogP contribution in [0.4, 0.5) is 5.69 Å². The first-order valence-corrected chi connectivity index (χ1v) is 7.95. The summed E-state index contributed by atoms with van der Waals surface area (Å²) in [4.78, 5) is 23.5. The van der Waals surface area contributed by atoms with Gasteiger partial charge in [-0.2, -0.15) is 0 Å². The number of carbonyl (C=O) groups excluding carboxylic acids is 2. The second kappa shape index (κ2) is 6.84. The highest BCUT2D eigenvalue weighted by Gasteiger charge is 2.15. The van der Waals surface area contributed by atoms with Gasteiger partial charge in [0.25, 0.3) is 5.91 Å². The number of hydrogen-bond acceptors (Lipinski definition) is 5. The van der Waals surface area contributed by atoms with Gasteiger partial charge in [0.1, 0.15) is 16.9 Å². The molecule has 1 aromatic heterocycles. The topological polar surface area (TPSA) is 77.8 Å². The van der Waals surface area contributed by atoms with Gasteiger partial charge in [0.15, 0.2) is 6.61 Å². The van der Waals surface area contributed by atoms with Gasteiger partial charge in [-0.05, 0) is 12.1 Å². The highest BCUT2D eigenvalue weighted by atomic mass is 16.5. The molecule has 0 fully saturated rings. The average molecular weight is 341 g/mol. The first kappa shape index (κ1) is 16.8. The fourth-order valence-corrected chi connectivity index (χ4v) is 2.51. The van der Waals surface area contributed by atoms with Crippen LogP contribution in [0.15, 0.2) is 40.8 Å². The van der Waals surface area contributed by atoms with E-state index in [2.05, 4.69) is 5.32 Å². The Bertz CT molecular complexity index is 942. The van der Waals surface area contributed by atoms with Crippen molar-refractivity contribution in [1.29, 1.82) is 0 Å². The number of fused-ring (bicyclic) bond motifs is 3. The lowest BCUT2D eigenvalue weighted by molar-refractivity contribution is -0.150. The van der Waals surface area contributed by atoms with Gasteiger partial charge in [0, 0.05) is 16.8 Å². The third kappa shape index (κ3) is 3.42. The van der Waals surface area contributed by atoms with E-state index in [1.165, 1.54) is 7.11 Å². The number of benzene rings is 2. The fourth-order valence-electron chi connectivity index (χ4n) is 2.51. The van der Waals surface area contributed by atoms with Gasteiger partial charge in [0.2, 0.25) is 0 Å². The number of furan rings is 1. The number of amides is 1. The van der Waals surface area contributed by atoms with Crippen molar-refractivity contribution in [3.63, 3.8) is 0 Å². The minimum Gasteiger partial charge on any atom is -0.495 e. The second-order valence-corrected chi connectivity index (χ2v) is 5.96. The standard InChI is InChI=1S/C19H19NO5/c1-11(2)19(22)24-10-18(21)20-14-9-16-13(8-17(14)23-3)12-6-4-5-7-15(12)25-16/h4-9,11H,10H2,1-3H3,(H,20,21). The number of rotatable bonds is 5. The Kier molecular flexibility index (Phi) is 4.61. The van der Waals surface area contributed by atoms with E-state index in [1.807, 2.05) is 30.3 Å². The molecule has 0 saturated heterocycles. The average Bonchev–Trinajstić information content (AvgIpc) is 2.96. The molecule has 1 N–H and O–H groups in total. The largest absolute Gasteiger partial charge is 0.495 e. The third-order valence-electron chi connectivity index (χ3n) is 3.79. The van der Waals surface area contributed by atoms with Crippen LogP contribution >= 0.6 is 0 Å². The van der Waals surface area contributed by atoms with Crippen molar-refractivity contribution in [3.8, 4) is 5.75 Å². The number of esters is 1. The van der Waals surface area contributed by atoms with E-state index in [0.717, 1.165) is 16.4 Å². The molecule has 0 aliphatic heterocycles. The molecule has 0 aliphatic rings. The SMILES string of the molecule is COc1cc2c(cc1NC(=O)COC(=O)C(C)C)oc1ccccc12. The van der Waals surface area contributed by atoms with Gasteiger partial charge >= 0.3 is 5.97 Å². The lowest BCUT2D eigenvalue weighted by Gasteiger charge is -2.11. The quantitative estimate of drug-likeness (QED) is 0.716. The van der Waals surface area contributed by atoms with E-state index < -0.39 is 11.9 Å². The second-order valence-electron chi connectivity index (χ2n) is 5.96. The van der Waals surface area contributed by atoms with Gasteiger partial charge < -0.3 is 19.2 Å². The normalized spacial score (nSPS) is 11.0. The number of carbonyl (C=O) groups is 2. The van der Waals surface area contributed by atoms with Crippen LogP contribution in [-0.2, 0) is 14.3 Å². The Morgan fingerprint density at radius 3 is 2.60 bits per heavy atom. The molecular weight excluding hydrogens is 322 g/mol. The zero-order valence-electron chi connectivity index (χ0n) is 14.3. The van der Waals surface area contributed by atoms with E-state index >= 15 is 0 Å². The van der Waals surface area contributed by atoms with Crippen LogP contribution < -0.4 is 10.1 Å². The number of methoxy groups -OCH3 is 1. The van der Waals surface area contributed by atoms with Crippen LogP contribution in [0.1, 0.15) is 13.8 Å². The molecule has 130 valence electrons. The van der Waals surface area contributed by atoms with E-state index in [0.29, 0.717) is 17.0 Å². The number of hydrogen-bond donors (Lipinski definition) is 1. The molecule has 3 rings (SSSR count). The molecule has 0 unspecified atom stereocenters. The molecule has 3 aromatic rings. The Hall–Kier alpha value is -3.02. The van der Waals surface area contributed by atoms with Crippen molar-refractivity contribution in [2.24, 2.45) is 5.92 Å². The minimum absolute atomic E-state index is 0.283. The van der Waals surface area contributed by atoms with Crippen molar-refractivity contribution >= 4 is 39.5 Å². The third-order valence-corrected chi connectivity index (χ3v) is 3.79. The highest BCUT2D eigenvalue weighted by molar-refractivity contribution is 6.07. The summed E-state index contributed by atoms with van der Waals surface area (Å²) in [5, 5.41) is 4.56. The maximum absolute atomic E-state index is 12.0. The summed E-state index contributed by atoms with van der Waals surface area (Å²) in [5.41, 5.74) is 1.85. The first-order chi connectivity index (χ1) is 12.0. The molecule has 0 spiro atoms. The van der Waals surface area contributed by atoms with Crippen LogP contribution in [0, 0.1) is 5.92 Å². The Morgan fingerprint density at radius 1 is 1.12 bits per heavy atom. The summed E-state index contributed by atoms with van der Waals surface area (Å²) >= 11 is 0. The molecule has 1 heterocycles. The van der Waals surface area contributed by atoms with Gasteiger partial charge in [-0.25, -0.2) is 0 Å². The summed E-state index contributed by atoms with van der Waals surface area (Å²) in [5.74, 6) is -0.644. The van der Waals surface area contributed by atoms with Crippen LogP contribution in [0.5, 0.6) is 5.75 Å². The van der Waals surface area contributed by atoms with E-state index in [4.69, 9.17) is 13.9 Å². The molecular formula is C19H19NO5. The monoisotopic (exact) mass is 341 g/mol. The molecule has 1 amide bonds. The lowest BCUT2D eigenvalue weighted by Crippen LogP contribution is -2.23. The molecule has 25 heavy (non-hydrogen) atoms. The van der Waals surface area contributed by atoms with Crippen molar-refractivity contribution < 1.29 is 23.5 Å². The minimum atomic E-state index is -0.442. The zero-order chi connectivity index (χ0) is 18.0. The predicted octanol–water partition coefficient (Wildman–Crippen LogP) is 3.73. The fraction of sp³-hybridized carbons (Fsp3) is 0.263. The van der Waals surface area contributed by atoms with E-state index in [9.17, 15) is 9.59 Å². The van der Waals surface area contributed by atoms with Crippen molar-refractivity contribution in [2.45, 2.75) is 13.8 Å². The van der Waals surface area contributed by atoms with E-state index in [1.54, 1.807) is 19.9 Å². The summed E-state index contributed by atoms with van der Waals surface area (Å²) in [6.07, 6.45) is 0. The summed E-state index contributed by atoms with van der Waals surface area (Å²) in [6, 6.07) is 11.2. The Morgan fingerprint density at radius 2 is 1.88 bits per heavy atom. The zero-order valence-corrected chi connectivity index (χ0v) is 14.3. The van der Waals surface area contributed by atoms with Gasteiger partial charge in [-0.3, -0.25) is 9.59 Å². The molecule has 0 aliphatic carbocycles. The molecule has 2 aromatic carbocycles. The maximum atomic E-state index is 12.0. The van der Waals surface area contributed by atoms with Crippen molar-refractivity contribution in [1.82, 2.24) is 0 Å². The van der Waals surface area contributed by atoms with Crippen molar-refractivity contribution in [2.75, 3.05) is 19.0 Å². The Labute approximate surface area is 144 Å². The van der Waals surface area contributed by atoms with Gasteiger partial charge in [-0.1, -0.05) is 32.0 Å². The number of para-hydroxylation sites is 1. The van der Waals surface area contributed by atoms with Crippen molar-refractivity contribution in [3.05, 3.63) is 36.4 Å². The summed E-state index contributed by atoms with van der Waals surface area (Å²) in [7, 11) is 1.53. The van der Waals surface area contributed by atoms with Gasteiger partial charge in [0.05, 0.1) is 18.7 Å². The van der Waals surface area contributed by atoms with Gasteiger partial charge in [-0.15, -0.1) is 0 Å². The first-order valence-electron chi connectivity index (χ1n) is 7.95. The number of anilines is 1.